The summed E-state index contributed by atoms with van der Waals surface area (Å²) in [5.41, 5.74) is 0.938. The fraction of sp³-hybridized carbons (Fsp3) is 0.519. The average molecular weight is 542 g/mol. The smallest absolute Gasteiger partial charge is 0.296 e. The van der Waals surface area contributed by atoms with Crippen molar-refractivity contribution in [3.8, 4) is 5.82 Å². The minimum absolute atomic E-state index is 0.0976. The van der Waals surface area contributed by atoms with E-state index in [0.717, 1.165) is 12.8 Å². The number of carbonyl (C=O) groups is 2. The third kappa shape index (κ3) is 6.00. The molecule has 5 rings (SSSR count). The number of benzene rings is 1. The van der Waals surface area contributed by atoms with E-state index in [1.54, 1.807) is 49.1 Å². The summed E-state index contributed by atoms with van der Waals surface area (Å²) in [5, 5.41) is 3.11. The number of anilines is 2. The number of nitrogens with zero attached hydrogens (tertiary/aromatic N) is 6. The molecule has 208 valence electrons. The molecule has 2 aliphatic heterocycles. The molecule has 1 amide bonds. The van der Waals surface area contributed by atoms with Crippen LogP contribution in [0.25, 0.3) is 16.9 Å². The number of rotatable bonds is 8. The SMILES string of the molecule is CC(=O)CC1CCN(C(=O)[C@H](C)Nc2nc(N3CCOCC3)cc(-n3c(C(F)F)nc4ccccc43)n2)CC1. The van der Waals surface area contributed by atoms with Gasteiger partial charge in [0.25, 0.3) is 6.43 Å². The molecule has 1 N–H and O–H groups in total. The van der Waals surface area contributed by atoms with Gasteiger partial charge in [-0.2, -0.15) is 9.97 Å². The van der Waals surface area contributed by atoms with E-state index in [1.807, 2.05) is 4.90 Å². The van der Waals surface area contributed by atoms with Crippen LogP contribution in [-0.4, -0.2) is 81.5 Å². The minimum atomic E-state index is -2.82. The van der Waals surface area contributed by atoms with E-state index in [1.165, 1.54) is 4.57 Å². The van der Waals surface area contributed by atoms with E-state index < -0.39 is 18.3 Å². The van der Waals surface area contributed by atoms with Gasteiger partial charge in [0.15, 0.2) is 5.82 Å². The summed E-state index contributed by atoms with van der Waals surface area (Å²) in [6.45, 7) is 6.73. The highest BCUT2D eigenvalue weighted by Gasteiger charge is 2.28. The highest BCUT2D eigenvalue weighted by atomic mass is 19.3. The maximum absolute atomic E-state index is 14.1. The zero-order valence-electron chi connectivity index (χ0n) is 22.1. The van der Waals surface area contributed by atoms with Crippen molar-refractivity contribution in [3.05, 3.63) is 36.2 Å². The highest BCUT2D eigenvalue weighted by Crippen LogP contribution is 2.29. The van der Waals surface area contributed by atoms with E-state index in [-0.39, 0.29) is 23.5 Å². The monoisotopic (exact) mass is 541 g/mol. The van der Waals surface area contributed by atoms with Crippen LogP contribution < -0.4 is 10.2 Å². The Morgan fingerprint density at radius 2 is 1.74 bits per heavy atom. The molecule has 10 nitrogen and oxygen atoms in total. The van der Waals surface area contributed by atoms with E-state index in [9.17, 15) is 18.4 Å². The van der Waals surface area contributed by atoms with Crippen molar-refractivity contribution in [2.75, 3.05) is 49.6 Å². The first kappa shape index (κ1) is 26.9. The lowest BCUT2D eigenvalue weighted by atomic mass is 9.92. The van der Waals surface area contributed by atoms with E-state index in [2.05, 4.69) is 20.3 Å². The number of amides is 1. The number of aromatic nitrogens is 4. The fourth-order valence-electron chi connectivity index (χ4n) is 5.28. The first-order valence-electron chi connectivity index (χ1n) is 13.3. The quantitative estimate of drug-likeness (QED) is 0.461. The second kappa shape index (κ2) is 11.6. The molecule has 3 aromatic rings. The number of halogens is 2. The number of imidazole rings is 1. The average Bonchev–Trinajstić information content (AvgIpc) is 3.33. The third-order valence-electron chi connectivity index (χ3n) is 7.26. The number of carbonyl (C=O) groups excluding carboxylic acids is 2. The molecule has 4 heterocycles. The van der Waals surface area contributed by atoms with Gasteiger partial charge in [0.1, 0.15) is 23.5 Å². The molecule has 2 aliphatic rings. The van der Waals surface area contributed by atoms with Gasteiger partial charge in [-0.15, -0.1) is 0 Å². The van der Waals surface area contributed by atoms with Crippen molar-refractivity contribution in [2.45, 2.75) is 45.6 Å². The largest absolute Gasteiger partial charge is 0.378 e. The van der Waals surface area contributed by atoms with Crippen molar-refractivity contribution in [2.24, 2.45) is 5.92 Å². The summed E-state index contributed by atoms with van der Waals surface area (Å²) >= 11 is 0. The van der Waals surface area contributed by atoms with Crippen molar-refractivity contribution >= 4 is 34.5 Å². The van der Waals surface area contributed by atoms with E-state index in [4.69, 9.17) is 4.74 Å². The zero-order chi connectivity index (χ0) is 27.5. The number of piperidine rings is 1. The summed E-state index contributed by atoms with van der Waals surface area (Å²) in [7, 11) is 0. The maximum atomic E-state index is 14.1. The van der Waals surface area contributed by atoms with Gasteiger partial charge in [-0.3, -0.25) is 9.36 Å². The molecule has 0 saturated carbocycles. The van der Waals surface area contributed by atoms with Crippen LogP contribution in [0.15, 0.2) is 30.3 Å². The van der Waals surface area contributed by atoms with Crippen LogP contribution in [0.5, 0.6) is 0 Å². The number of likely N-dealkylation sites (tertiary alicyclic amines) is 1. The number of nitrogens with one attached hydrogen (secondary N) is 1. The molecule has 1 atom stereocenters. The van der Waals surface area contributed by atoms with Crippen molar-refractivity contribution in [1.82, 2.24) is 24.4 Å². The predicted octanol–water partition coefficient (Wildman–Crippen LogP) is 3.61. The summed E-state index contributed by atoms with van der Waals surface area (Å²) in [4.78, 5) is 41.9. The third-order valence-corrected chi connectivity index (χ3v) is 7.26. The molecule has 12 heteroatoms. The molecule has 0 radical (unpaired) electrons. The number of hydrogen-bond donors (Lipinski definition) is 1. The van der Waals surface area contributed by atoms with Gasteiger partial charge in [-0.1, -0.05) is 12.1 Å². The van der Waals surface area contributed by atoms with Gasteiger partial charge in [-0.25, -0.2) is 13.8 Å². The lowest BCUT2D eigenvalue weighted by molar-refractivity contribution is -0.133. The molecule has 2 saturated heterocycles. The maximum Gasteiger partial charge on any atom is 0.296 e. The van der Waals surface area contributed by atoms with Crippen LogP contribution in [0.3, 0.4) is 0 Å². The number of alkyl halides is 2. The molecule has 39 heavy (non-hydrogen) atoms. The van der Waals surface area contributed by atoms with Crippen LogP contribution in [0.2, 0.25) is 0 Å². The number of para-hydroxylation sites is 2. The predicted molar refractivity (Wildman–Crippen MR) is 142 cm³/mol. The zero-order valence-corrected chi connectivity index (χ0v) is 22.1. The fourth-order valence-corrected chi connectivity index (χ4v) is 5.28. The van der Waals surface area contributed by atoms with Crippen molar-refractivity contribution < 1.29 is 23.1 Å². The number of Topliss-reactive ketones (excluding diaryl/α,β-unsaturated/α-hetero) is 1. The first-order valence-corrected chi connectivity index (χ1v) is 13.3. The molecule has 0 spiro atoms. The Kier molecular flexibility index (Phi) is 8.01. The summed E-state index contributed by atoms with van der Waals surface area (Å²) in [5.74, 6) is 0.921. The van der Waals surface area contributed by atoms with Crippen LogP contribution in [0.1, 0.15) is 45.4 Å². The summed E-state index contributed by atoms with van der Waals surface area (Å²) in [6, 6.07) is 7.94. The van der Waals surface area contributed by atoms with Crippen LogP contribution >= 0.6 is 0 Å². The second-order valence-corrected chi connectivity index (χ2v) is 10.1. The molecule has 1 aromatic carbocycles. The van der Waals surface area contributed by atoms with Crippen LogP contribution in [0.4, 0.5) is 20.5 Å². The lowest BCUT2D eigenvalue weighted by Gasteiger charge is -2.33. The normalized spacial score (nSPS) is 17.6. The highest BCUT2D eigenvalue weighted by molar-refractivity contribution is 5.84. The molecule has 2 aromatic heterocycles. The van der Waals surface area contributed by atoms with Crippen molar-refractivity contribution in [3.63, 3.8) is 0 Å². The Morgan fingerprint density at radius 1 is 1.05 bits per heavy atom. The van der Waals surface area contributed by atoms with Gasteiger partial charge in [0.2, 0.25) is 11.9 Å². The molecular weight excluding hydrogens is 508 g/mol. The van der Waals surface area contributed by atoms with Gasteiger partial charge in [0, 0.05) is 38.7 Å². The lowest BCUT2D eigenvalue weighted by Crippen LogP contribution is -2.45. The van der Waals surface area contributed by atoms with Crippen LogP contribution in [-0.2, 0) is 14.3 Å². The number of morpholine rings is 1. The molecular formula is C27H33F2N7O3. The number of ketones is 1. The second-order valence-electron chi connectivity index (χ2n) is 10.1. The summed E-state index contributed by atoms with van der Waals surface area (Å²) < 4.78 is 35.0. The Balaban J connectivity index is 1.44. The minimum Gasteiger partial charge on any atom is -0.378 e. The Bertz CT molecular complexity index is 1330. The van der Waals surface area contributed by atoms with E-state index in [0.29, 0.717) is 68.6 Å². The van der Waals surface area contributed by atoms with Gasteiger partial charge >= 0.3 is 0 Å². The number of ether oxygens (including phenoxy) is 1. The Hall–Kier alpha value is -3.67. The molecule has 0 unspecified atom stereocenters. The first-order chi connectivity index (χ1) is 18.8. The van der Waals surface area contributed by atoms with Gasteiger partial charge in [0.05, 0.1) is 24.2 Å². The van der Waals surface area contributed by atoms with E-state index >= 15 is 0 Å². The summed E-state index contributed by atoms with van der Waals surface area (Å²) in [6.07, 6.45) is -0.698. The Morgan fingerprint density at radius 3 is 2.44 bits per heavy atom. The topological polar surface area (TPSA) is 105 Å². The number of hydrogen-bond acceptors (Lipinski definition) is 8. The Labute approximate surface area is 225 Å². The standard InChI is InChI=1S/C27H33F2N7O3/c1-17(37)15-19-7-9-35(10-8-19)26(38)18(2)30-27-32-22(34-11-13-39-14-12-34)16-23(33-27)36-21-6-4-3-5-20(21)31-25(36)24(28)29/h3-6,16,18-19,24H,7-15H2,1-2H3,(H,30,32,33)/t18-/m0/s1. The number of fused-ring (bicyclic) bond motifs is 1. The van der Waals surface area contributed by atoms with Gasteiger partial charge in [-0.05, 0) is 44.7 Å². The molecule has 2 fully saturated rings. The van der Waals surface area contributed by atoms with Crippen LogP contribution in [0, 0.1) is 5.92 Å². The molecule has 0 aliphatic carbocycles. The van der Waals surface area contributed by atoms with Crippen molar-refractivity contribution in [1.29, 1.82) is 0 Å². The molecule has 0 bridgehead atoms. The van der Waals surface area contributed by atoms with Gasteiger partial charge < -0.3 is 24.6 Å².